The lowest BCUT2D eigenvalue weighted by Crippen LogP contribution is -2.38. The van der Waals surface area contributed by atoms with Gasteiger partial charge in [-0.25, -0.2) is 42.5 Å². The summed E-state index contributed by atoms with van der Waals surface area (Å²) in [6, 6.07) is 0. The summed E-state index contributed by atoms with van der Waals surface area (Å²) in [7, 11) is -13.6. The zero-order chi connectivity index (χ0) is 64.3. The Labute approximate surface area is 480 Å². The van der Waals surface area contributed by atoms with Crippen molar-refractivity contribution in [2.24, 2.45) is 0 Å². The molecule has 3 fully saturated rings. The normalized spacial score (nSPS) is 26.5. The van der Waals surface area contributed by atoms with Crippen molar-refractivity contribution in [3.63, 3.8) is 0 Å². The molecule has 0 radical (unpaired) electrons. The number of H-pyrrole nitrogens is 3. The minimum absolute atomic E-state index is 0.0623. The maximum Gasteiger partial charge on any atom is 0.490 e. The van der Waals surface area contributed by atoms with Gasteiger partial charge in [-0.1, -0.05) is 0 Å². The first kappa shape index (κ1) is 71.9. The highest BCUT2D eigenvalue weighted by Crippen LogP contribution is 2.66. The summed E-state index contributed by atoms with van der Waals surface area (Å²) in [6.45, 7) is -2.19. The summed E-state index contributed by atoms with van der Waals surface area (Å²) in [6.07, 6.45) is -13.1. The zero-order valence-corrected chi connectivity index (χ0v) is 48.0. The lowest BCUT2D eigenvalue weighted by molar-refractivity contribution is -0.135. The molecule has 0 saturated carbocycles. The van der Waals surface area contributed by atoms with Crippen LogP contribution in [-0.4, -0.2) is 198 Å². The van der Waals surface area contributed by atoms with Crippen molar-refractivity contribution >= 4 is 88.2 Å². The number of aromatic nitrogens is 6. The number of methoxy groups -OCH3 is 3. The van der Waals surface area contributed by atoms with Crippen molar-refractivity contribution in [2.75, 3.05) is 41.2 Å². The van der Waals surface area contributed by atoms with Gasteiger partial charge in [-0.2, -0.15) is 8.62 Å². The fourth-order valence-electron chi connectivity index (χ4n) is 7.04. The number of halogens is 2. The van der Waals surface area contributed by atoms with Gasteiger partial charge < -0.3 is 88.3 Å². The van der Waals surface area contributed by atoms with Crippen LogP contribution in [0.4, 0.5) is 0 Å². The third kappa shape index (κ3) is 20.5. The monoisotopic (exact) mass is 1340 g/mol. The number of aromatic amines is 3. The number of esters is 3. The molecule has 3 aliphatic heterocycles. The number of ether oxygens (including phenoxy) is 6. The van der Waals surface area contributed by atoms with Gasteiger partial charge in [0.25, 0.3) is 16.7 Å². The highest BCUT2D eigenvalue weighted by Gasteiger charge is 2.48. The molecular weight excluding hydrogens is 1290 g/mol. The molecule has 14 N–H and O–H groups in total. The molecule has 0 bridgehead atoms. The Hall–Kier alpha value is -5.55. The fraction of sp³-hybridized carbons (Fsp3) is 0.462. The summed E-state index contributed by atoms with van der Waals surface area (Å²) in [5.74, 6) is -2.26. The molecule has 40 nitrogen and oxygen atoms in total. The first-order valence-electron chi connectivity index (χ1n) is 22.8. The van der Waals surface area contributed by atoms with Gasteiger partial charge >= 0.3 is 64.5 Å². The van der Waals surface area contributed by atoms with E-state index in [1.54, 1.807) is 0 Å². The third-order valence-electron chi connectivity index (χ3n) is 11.0. The summed E-state index contributed by atoms with van der Waals surface area (Å²) >= 11 is 10.5. The second-order valence-corrected chi connectivity index (χ2v) is 25.4. The molecule has 14 atom stereocenters. The predicted molar refractivity (Wildman–Crippen MR) is 277 cm³/mol. The molecule has 0 amide bonds. The lowest BCUT2D eigenvalue weighted by Gasteiger charge is -2.19. The highest BCUT2D eigenvalue weighted by atomic mass is 35.9. The van der Waals surface area contributed by atoms with Crippen molar-refractivity contribution < 1.29 is 134 Å². The van der Waals surface area contributed by atoms with Crippen molar-refractivity contribution in [1.29, 1.82) is 0 Å². The van der Waals surface area contributed by atoms with Gasteiger partial charge in [0.05, 0.1) is 57.8 Å². The average molecular weight is 1340 g/mol. The number of nitrogens with zero attached hydrogens (tertiary/aromatic N) is 3. The van der Waals surface area contributed by atoms with Crippen LogP contribution in [0, 0.1) is 0 Å². The van der Waals surface area contributed by atoms with Gasteiger partial charge in [-0.15, -0.1) is 0 Å². The quantitative estimate of drug-likeness (QED) is 0.0218. The number of phosphoric acid groups is 3. The van der Waals surface area contributed by atoms with E-state index < -0.39 is 175 Å². The van der Waals surface area contributed by atoms with Gasteiger partial charge in [-0.05, 0) is 40.7 Å². The van der Waals surface area contributed by atoms with Crippen molar-refractivity contribution in [3.8, 4) is 0 Å². The van der Waals surface area contributed by atoms with Crippen LogP contribution in [0.25, 0.3) is 18.2 Å². The maximum absolute atomic E-state index is 12.2. The number of aliphatic hydroxyl groups excluding tert-OH is 7. The van der Waals surface area contributed by atoms with Gasteiger partial charge in [0, 0.05) is 36.8 Å². The van der Waals surface area contributed by atoms with E-state index in [1.165, 1.54) is 0 Å². The second kappa shape index (κ2) is 30.4. The van der Waals surface area contributed by atoms with Gasteiger partial charge in [0.2, 0.25) is 0 Å². The van der Waals surface area contributed by atoms with Crippen LogP contribution < -0.4 is 33.7 Å². The van der Waals surface area contributed by atoms with Crippen LogP contribution in [0.5, 0.6) is 0 Å². The number of carbonyl (C=O) groups excluding carboxylic acids is 3. The van der Waals surface area contributed by atoms with Crippen LogP contribution in [0.1, 0.15) is 35.4 Å². The van der Waals surface area contributed by atoms with Crippen molar-refractivity contribution in [1.82, 2.24) is 28.7 Å². The second-order valence-electron chi connectivity index (χ2n) is 16.7. The molecule has 3 aromatic rings. The SMILES string of the molecule is COC(=O)/C=C/c1cn([C@@H]2O[C@H](CO)C(O)[C@@H]2O)c(=O)[nH]c1=O.COC(=O)/C=C/c1cn([C@@H]2O[C@H](COP(=O)(Cl)Cl)C(O)[C@@H]2O)c(=O)[nH]c1=O.COC(=O)/C=C/c1cn([C@@H]2O[C@H](COP(=O)(O)OP(=O)(O)OP(=O)(O)O)C(O)[C@@H]2O)c(=O)[nH]c1=O. The first-order valence-corrected chi connectivity index (χ1v) is 30.7. The fourth-order valence-corrected chi connectivity index (χ4v) is 10.7. The summed E-state index contributed by atoms with van der Waals surface area (Å²) in [4.78, 5) is 146. The van der Waals surface area contributed by atoms with E-state index >= 15 is 0 Å². The van der Waals surface area contributed by atoms with E-state index in [2.05, 4.69) is 31.9 Å². The topological polar surface area (TPSA) is 599 Å². The summed E-state index contributed by atoms with van der Waals surface area (Å²) < 4.78 is 92.2. The van der Waals surface area contributed by atoms with Crippen LogP contribution >= 0.6 is 52.0 Å². The minimum Gasteiger partial charge on any atom is -0.466 e. The van der Waals surface area contributed by atoms with E-state index in [-0.39, 0.29) is 16.7 Å². The molecule has 0 aromatic carbocycles. The molecule has 3 aromatic heterocycles. The Morgan fingerprint density at radius 3 is 1.11 bits per heavy atom. The van der Waals surface area contributed by atoms with Crippen LogP contribution in [-0.2, 0) is 78.7 Å². The number of carbonyl (C=O) groups is 3. The molecule has 3 aliphatic rings. The van der Waals surface area contributed by atoms with Crippen LogP contribution in [0.15, 0.2) is 65.6 Å². The lowest BCUT2D eigenvalue weighted by atomic mass is 10.1. The van der Waals surface area contributed by atoms with E-state index in [4.69, 9.17) is 56.5 Å². The number of hydrogen-bond donors (Lipinski definition) is 14. The third-order valence-corrected chi connectivity index (χ3v) is 15.8. The van der Waals surface area contributed by atoms with E-state index in [0.717, 1.165) is 85.5 Å². The molecule has 3 saturated heterocycles. The average Bonchev–Trinajstić information content (AvgIpc) is 2.67. The predicted octanol–water partition coefficient (Wildman–Crippen LogP) is -5.04. The molecule has 0 aliphatic carbocycles. The number of hydrogen-bond acceptors (Lipinski definition) is 30. The Bertz CT molecular complexity index is 3570. The number of phosphoric ester groups is 1. The molecule has 6 heterocycles. The number of rotatable bonds is 20. The van der Waals surface area contributed by atoms with Gasteiger partial charge in [-0.3, -0.25) is 52.1 Å². The highest BCUT2D eigenvalue weighted by molar-refractivity contribution is 8.05. The smallest absolute Gasteiger partial charge is 0.466 e. The molecule has 474 valence electrons. The standard InChI is InChI=1S/C13H15Cl2N2O9P.C13H19N2O17P3.C13H16N2O8/c1-24-8(18)3-2-6-4-17(13(22)16-11(6)21)12-10(20)9(19)7(26-12)5-25-27(14,15)23;1-28-8(16)3-2-6-4-15(13(20)14-11(6)19)12-10(18)9(17)7(30-12)5-29-34(24,25)32-35(26,27)31-33(21,22)23;1-22-8(17)3-2-6-4-15(13(21)14-11(6)20)12-10(19)9(18)7(5-16)23-12/h2-4,7,9-10,12,19-20H,5H2,1H3,(H,16,21,22);2-4,7,9-10,12,17-18H,5H2,1H3,(H,24,25)(H,26,27)(H,14,19,20)(H2,21,22,23);2-4,7,9-10,12,16,18-19H,5H2,1H3,(H,14,20,21)/b3*3-2+/t3*7-,9?,10+,12-/m111/s1. The largest absolute Gasteiger partial charge is 0.490 e. The van der Waals surface area contributed by atoms with E-state index in [0.29, 0.717) is 4.57 Å². The molecule has 5 unspecified atom stereocenters. The van der Waals surface area contributed by atoms with E-state index in [9.17, 15) is 96.9 Å². The van der Waals surface area contributed by atoms with Crippen molar-refractivity contribution in [2.45, 2.75) is 73.6 Å². The molecule has 6 rings (SSSR count). The van der Waals surface area contributed by atoms with Crippen LogP contribution in [0.2, 0.25) is 0 Å². The number of aliphatic hydroxyl groups is 7. The molecule has 0 spiro atoms. The Morgan fingerprint density at radius 2 is 0.824 bits per heavy atom. The molecule has 85 heavy (non-hydrogen) atoms. The van der Waals surface area contributed by atoms with E-state index in [1.807, 2.05) is 15.0 Å². The Kier molecular flexibility index (Phi) is 25.7. The maximum atomic E-state index is 12.2. The summed E-state index contributed by atoms with van der Waals surface area (Å²) in [5.41, 5.74) is -5.85. The van der Waals surface area contributed by atoms with Crippen molar-refractivity contribution in [3.05, 3.63) is 116 Å². The number of nitrogens with one attached hydrogen (secondary N) is 3. The van der Waals surface area contributed by atoms with Crippen LogP contribution in [0.3, 0.4) is 0 Å². The van der Waals surface area contributed by atoms with Gasteiger partial charge in [0.1, 0.15) is 54.9 Å². The van der Waals surface area contributed by atoms with Gasteiger partial charge in [0.15, 0.2) is 18.7 Å². The zero-order valence-electron chi connectivity index (χ0n) is 42.9. The minimum atomic E-state index is -5.79. The first-order chi connectivity index (χ1) is 39.4. The molecular formula is C39H50Cl2N6O34P4. The molecule has 46 heteroatoms. The Morgan fingerprint density at radius 1 is 0.518 bits per heavy atom. The Balaban J connectivity index is 0.000000280. The summed E-state index contributed by atoms with van der Waals surface area (Å²) in [5, 5.41) is 69.2.